The van der Waals surface area contributed by atoms with E-state index in [9.17, 15) is 13.2 Å². The van der Waals surface area contributed by atoms with Crippen LogP contribution in [0.3, 0.4) is 0 Å². The Morgan fingerprint density at radius 2 is 1.74 bits per heavy atom. The molecule has 0 aliphatic rings. The van der Waals surface area contributed by atoms with Crippen LogP contribution in [0.2, 0.25) is 0 Å². The Balaban J connectivity index is 3.13. The van der Waals surface area contributed by atoms with Crippen molar-refractivity contribution in [2.75, 3.05) is 12.8 Å². The summed E-state index contributed by atoms with van der Waals surface area (Å²) in [7, 11) is -3.50. The molecule has 0 fully saturated rings. The van der Waals surface area contributed by atoms with Crippen LogP contribution in [0, 0.1) is 5.92 Å². The Bertz CT molecular complexity index is 717. The summed E-state index contributed by atoms with van der Waals surface area (Å²) >= 11 is 0. The van der Waals surface area contributed by atoms with E-state index < -0.39 is 32.2 Å². The van der Waals surface area contributed by atoms with Crippen LogP contribution in [0.25, 0.3) is 0 Å². The van der Waals surface area contributed by atoms with E-state index in [1.54, 1.807) is 0 Å². The first-order chi connectivity index (χ1) is 12.3. The van der Waals surface area contributed by atoms with Crippen LogP contribution in [-0.2, 0) is 21.1 Å². The molecule has 0 saturated carbocycles. The van der Waals surface area contributed by atoms with E-state index in [2.05, 4.69) is 24.5 Å². The van der Waals surface area contributed by atoms with Gasteiger partial charge >= 0.3 is 0 Å². The van der Waals surface area contributed by atoms with Gasteiger partial charge in [0, 0.05) is 12.7 Å². The molecule has 6 nitrogen and oxygen atoms in total. The molecule has 0 aromatic heterocycles. The highest BCUT2D eigenvalue weighted by atomic mass is 32.2. The molecule has 0 radical (unpaired) electrons. The second kappa shape index (κ2) is 9.17. The Morgan fingerprint density at radius 1 is 1.19 bits per heavy atom. The molecule has 1 amide bonds. The summed E-state index contributed by atoms with van der Waals surface area (Å²) < 4.78 is 22.8. The number of carbonyl (C=O) groups excluding carboxylic acids is 1. The number of amides is 1. The van der Waals surface area contributed by atoms with Crippen molar-refractivity contribution in [1.29, 1.82) is 0 Å². The third kappa shape index (κ3) is 6.30. The van der Waals surface area contributed by atoms with Crippen LogP contribution in [0.5, 0.6) is 0 Å². The fourth-order valence-electron chi connectivity index (χ4n) is 2.69. The topological polar surface area (TPSA) is 101 Å². The summed E-state index contributed by atoms with van der Waals surface area (Å²) in [5.41, 5.74) is 6.45. The average molecular weight is 398 g/mol. The maximum Gasteiger partial charge on any atom is 0.239 e. The lowest BCUT2D eigenvalue weighted by atomic mass is 9.94. The van der Waals surface area contributed by atoms with Gasteiger partial charge in [0.15, 0.2) is 9.84 Å². The van der Waals surface area contributed by atoms with E-state index in [1.807, 2.05) is 37.3 Å². The quantitative estimate of drug-likeness (QED) is 0.523. The summed E-state index contributed by atoms with van der Waals surface area (Å²) in [4.78, 5) is 12.9. The van der Waals surface area contributed by atoms with Crippen molar-refractivity contribution in [3.8, 4) is 0 Å². The molecule has 2 atom stereocenters. The summed E-state index contributed by atoms with van der Waals surface area (Å²) in [5, 5.41) is 6.49. The third-order valence-electron chi connectivity index (χ3n) is 5.15. The summed E-state index contributed by atoms with van der Waals surface area (Å²) in [6.07, 6.45) is 2.31. The van der Waals surface area contributed by atoms with Crippen molar-refractivity contribution < 1.29 is 13.2 Å². The third-order valence-corrected chi connectivity index (χ3v) is 7.32. The molecule has 27 heavy (non-hydrogen) atoms. The minimum Gasteiger partial charge on any atom is -0.336 e. The number of nitrogens with one attached hydrogen (secondary N) is 2. The average Bonchev–Trinajstić information content (AvgIpc) is 2.58. The second-order valence-corrected chi connectivity index (χ2v) is 10.8. The predicted octanol–water partition coefficient (Wildman–Crippen LogP) is 1.85. The Kier molecular flexibility index (Phi) is 8.01. The molecule has 7 heteroatoms. The van der Waals surface area contributed by atoms with Gasteiger partial charge in [0.25, 0.3) is 0 Å². The molecule has 154 valence electrons. The molecule has 0 spiro atoms. The highest BCUT2D eigenvalue weighted by Crippen LogP contribution is 2.21. The zero-order valence-electron chi connectivity index (χ0n) is 17.4. The maximum absolute atomic E-state index is 12.9. The zero-order valence-corrected chi connectivity index (χ0v) is 18.2. The Morgan fingerprint density at radius 3 is 2.19 bits per heavy atom. The van der Waals surface area contributed by atoms with Gasteiger partial charge in [-0.25, -0.2) is 8.42 Å². The molecule has 1 aromatic carbocycles. The van der Waals surface area contributed by atoms with Gasteiger partial charge in [-0.3, -0.25) is 10.1 Å². The van der Waals surface area contributed by atoms with Gasteiger partial charge in [-0.05, 0) is 38.3 Å². The van der Waals surface area contributed by atoms with E-state index in [1.165, 1.54) is 13.8 Å². The van der Waals surface area contributed by atoms with Gasteiger partial charge in [0.2, 0.25) is 5.91 Å². The lowest BCUT2D eigenvalue weighted by Crippen LogP contribution is -2.66. The standard InChI is InChI=1S/C20H35N3O3S/c1-7-20(22-14-15(2)3,13-16-11-9-8-10-12-16)23-18(24)17(21)19(4,5)27(6,25)26/h8-12,15,17,22H,7,13-14,21H2,1-6H3,(H,23,24)/t17-,20-/m0/s1. The maximum atomic E-state index is 12.9. The molecule has 1 aromatic rings. The normalized spacial score (nSPS) is 16.0. The van der Waals surface area contributed by atoms with Gasteiger partial charge in [0.1, 0.15) is 6.04 Å². The summed E-state index contributed by atoms with van der Waals surface area (Å²) in [6, 6.07) is 8.70. The lowest BCUT2D eigenvalue weighted by molar-refractivity contribution is -0.125. The molecule has 1 rings (SSSR count). The van der Waals surface area contributed by atoms with Crippen LogP contribution < -0.4 is 16.4 Å². The van der Waals surface area contributed by atoms with E-state index in [0.717, 1.165) is 11.8 Å². The molecule has 0 aliphatic heterocycles. The molecule has 0 bridgehead atoms. The van der Waals surface area contributed by atoms with E-state index in [-0.39, 0.29) is 0 Å². The van der Waals surface area contributed by atoms with E-state index in [0.29, 0.717) is 25.3 Å². The number of hydrogen-bond acceptors (Lipinski definition) is 5. The molecule has 0 unspecified atom stereocenters. The Hall–Kier alpha value is -1.44. The van der Waals surface area contributed by atoms with Crippen LogP contribution in [0.15, 0.2) is 30.3 Å². The minimum atomic E-state index is -3.50. The highest BCUT2D eigenvalue weighted by molar-refractivity contribution is 7.92. The van der Waals surface area contributed by atoms with E-state index in [4.69, 9.17) is 5.73 Å². The summed E-state index contributed by atoms with van der Waals surface area (Å²) in [6.45, 7) is 9.86. The molecule has 4 N–H and O–H groups in total. The number of carbonyl (C=O) groups is 1. The smallest absolute Gasteiger partial charge is 0.239 e. The van der Waals surface area contributed by atoms with Gasteiger partial charge in [-0.1, -0.05) is 51.1 Å². The first kappa shape index (κ1) is 23.6. The van der Waals surface area contributed by atoms with Crippen molar-refractivity contribution in [2.45, 2.75) is 63.9 Å². The van der Waals surface area contributed by atoms with Crippen LogP contribution in [0.1, 0.15) is 46.6 Å². The van der Waals surface area contributed by atoms with Crippen molar-refractivity contribution in [3.63, 3.8) is 0 Å². The van der Waals surface area contributed by atoms with Crippen molar-refractivity contribution in [2.24, 2.45) is 11.7 Å². The Labute approximate surface area is 164 Å². The minimum absolute atomic E-state index is 0.393. The van der Waals surface area contributed by atoms with Crippen LogP contribution in [-0.4, -0.2) is 43.6 Å². The van der Waals surface area contributed by atoms with Gasteiger partial charge in [-0.15, -0.1) is 0 Å². The number of sulfone groups is 1. The molecular weight excluding hydrogens is 362 g/mol. The summed E-state index contributed by atoms with van der Waals surface area (Å²) in [5.74, 6) is -0.0794. The SMILES string of the molecule is CC[C@](Cc1ccccc1)(NCC(C)C)NC(=O)[C@H](N)C(C)(C)S(C)(=O)=O. The molecule has 0 saturated heterocycles. The fraction of sp³-hybridized carbons (Fsp3) is 0.650. The second-order valence-electron chi connectivity index (χ2n) is 8.22. The van der Waals surface area contributed by atoms with Crippen molar-refractivity contribution in [3.05, 3.63) is 35.9 Å². The van der Waals surface area contributed by atoms with Crippen LogP contribution >= 0.6 is 0 Å². The molecule has 0 aliphatic carbocycles. The highest BCUT2D eigenvalue weighted by Gasteiger charge is 2.43. The molecular formula is C20H35N3O3S. The number of rotatable bonds is 10. The number of hydrogen-bond donors (Lipinski definition) is 3. The van der Waals surface area contributed by atoms with Gasteiger partial charge < -0.3 is 11.1 Å². The van der Waals surface area contributed by atoms with Crippen molar-refractivity contribution >= 4 is 15.7 Å². The first-order valence-electron chi connectivity index (χ1n) is 9.41. The fourth-order valence-corrected chi connectivity index (χ4v) is 3.26. The predicted molar refractivity (Wildman–Crippen MR) is 111 cm³/mol. The monoisotopic (exact) mass is 397 g/mol. The largest absolute Gasteiger partial charge is 0.336 e. The first-order valence-corrected chi connectivity index (χ1v) is 11.3. The van der Waals surface area contributed by atoms with Crippen molar-refractivity contribution in [1.82, 2.24) is 10.6 Å². The number of benzene rings is 1. The van der Waals surface area contributed by atoms with Crippen LogP contribution in [0.4, 0.5) is 0 Å². The number of nitrogens with two attached hydrogens (primary N) is 1. The van der Waals surface area contributed by atoms with Gasteiger partial charge in [-0.2, -0.15) is 0 Å². The van der Waals surface area contributed by atoms with E-state index >= 15 is 0 Å². The van der Waals surface area contributed by atoms with Gasteiger partial charge in [0.05, 0.1) is 10.4 Å². The zero-order chi connectivity index (χ0) is 20.9. The lowest BCUT2D eigenvalue weighted by Gasteiger charge is -2.38. The molecule has 0 heterocycles.